The minimum atomic E-state index is -0.272. The molecule has 2 aromatic carbocycles. The lowest BCUT2D eigenvalue weighted by molar-refractivity contribution is 0.0958. The molecule has 2 aromatic heterocycles. The molecule has 152 valence electrons. The Bertz CT molecular complexity index is 1160. The van der Waals surface area contributed by atoms with Gasteiger partial charge in [-0.2, -0.15) is 4.98 Å². The van der Waals surface area contributed by atoms with Gasteiger partial charge in [0.05, 0.1) is 6.04 Å². The predicted molar refractivity (Wildman–Crippen MR) is 115 cm³/mol. The summed E-state index contributed by atoms with van der Waals surface area (Å²) < 4.78 is 11.8. The molecule has 2 N–H and O–H groups in total. The van der Waals surface area contributed by atoms with E-state index in [1.54, 1.807) is 25.2 Å². The molecule has 30 heavy (non-hydrogen) atoms. The van der Waals surface area contributed by atoms with Gasteiger partial charge in [-0.1, -0.05) is 37.3 Å². The lowest BCUT2D eigenvalue weighted by Gasteiger charge is -2.15. The molecular weight excluding hydrogens is 380 g/mol. The highest BCUT2D eigenvalue weighted by Gasteiger charge is 2.14. The number of pyridine rings is 1. The van der Waals surface area contributed by atoms with Gasteiger partial charge in [-0.05, 0) is 30.2 Å². The summed E-state index contributed by atoms with van der Waals surface area (Å²) in [5.74, 6) is 0.816. The zero-order valence-corrected chi connectivity index (χ0v) is 16.8. The van der Waals surface area contributed by atoms with E-state index in [2.05, 4.69) is 39.7 Å². The Morgan fingerprint density at radius 1 is 1.10 bits per heavy atom. The van der Waals surface area contributed by atoms with E-state index in [0.29, 0.717) is 23.1 Å². The lowest BCUT2D eigenvalue weighted by atomic mass is 10.1. The molecule has 2 heterocycles. The SMILES string of the molecule is CCC(Nc1nc2ccc(Oc3ccnc(C(=O)NC)c3)cc2o1)c1ccccc1. The third-order valence-electron chi connectivity index (χ3n) is 4.69. The van der Waals surface area contributed by atoms with Gasteiger partial charge in [0.2, 0.25) is 0 Å². The Morgan fingerprint density at radius 3 is 2.67 bits per heavy atom. The number of hydrogen-bond donors (Lipinski definition) is 2. The summed E-state index contributed by atoms with van der Waals surface area (Å²) in [6.45, 7) is 2.11. The van der Waals surface area contributed by atoms with Crippen molar-refractivity contribution in [2.24, 2.45) is 0 Å². The molecule has 0 aliphatic rings. The van der Waals surface area contributed by atoms with Gasteiger partial charge in [-0.15, -0.1) is 0 Å². The highest BCUT2D eigenvalue weighted by atomic mass is 16.5. The number of rotatable bonds is 7. The van der Waals surface area contributed by atoms with Crippen LogP contribution >= 0.6 is 0 Å². The second-order valence-electron chi connectivity index (χ2n) is 6.72. The number of benzene rings is 2. The minimum Gasteiger partial charge on any atom is -0.457 e. The summed E-state index contributed by atoms with van der Waals surface area (Å²) in [5.41, 5.74) is 2.80. The molecule has 4 aromatic rings. The monoisotopic (exact) mass is 402 g/mol. The lowest BCUT2D eigenvalue weighted by Crippen LogP contribution is -2.18. The Kier molecular flexibility index (Phi) is 5.61. The molecule has 0 radical (unpaired) electrons. The van der Waals surface area contributed by atoms with Crippen molar-refractivity contribution in [1.29, 1.82) is 0 Å². The van der Waals surface area contributed by atoms with Crippen LogP contribution in [0.1, 0.15) is 35.4 Å². The molecule has 0 saturated carbocycles. The normalized spacial score (nSPS) is 11.8. The van der Waals surface area contributed by atoms with Gasteiger partial charge >= 0.3 is 0 Å². The minimum absolute atomic E-state index is 0.106. The predicted octanol–water partition coefficient (Wildman–Crippen LogP) is 4.94. The van der Waals surface area contributed by atoms with Crippen molar-refractivity contribution < 1.29 is 13.9 Å². The summed E-state index contributed by atoms with van der Waals surface area (Å²) >= 11 is 0. The molecule has 0 bridgehead atoms. The Labute approximate surface area is 174 Å². The Hall–Kier alpha value is -3.87. The number of fused-ring (bicyclic) bond motifs is 1. The number of aromatic nitrogens is 2. The highest BCUT2D eigenvalue weighted by molar-refractivity contribution is 5.92. The van der Waals surface area contributed by atoms with Gasteiger partial charge in [-0.25, -0.2) is 0 Å². The van der Waals surface area contributed by atoms with Crippen LogP contribution in [-0.4, -0.2) is 22.9 Å². The molecule has 7 heteroatoms. The maximum atomic E-state index is 11.8. The molecule has 1 unspecified atom stereocenters. The number of anilines is 1. The number of nitrogens with zero attached hydrogens (tertiary/aromatic N) is 2. The summed E-state index contributed by atoms with van der Waals surface area (Å²) in [4.78, 5) is 20.3. The van der Waals surface area contributed by atoms with Crippen molar-refractivity contribution in [3.05, 3.63) is 78.1 Å². The van der Waals surface area contributed by atoms with Crippen molar-refractivity contribution in [3.8, 4) is 11.5 Å². The van der Waals surface area contributed by atoms with E-state index in [1.807, 2.05) is 30.3 Å². The highest BCUT2D eigenvalue weighted by Crippen LogP contribution is 2.29. The number of amides is 1. The van der Waals surface area contributed by atoms with Crippen molar-refractivity contribution in [1.82, 2.24) is 15.3 Å². The molecule has 4 rings (SSSR count). The first-order chi connectivity index (χ1) is 14.7. The van der Waals surface area contributed by atoms with Gasteiger partial charge in [0.15, 0.2) is 5.58 Å². The van der Waals surface area contributed by atoms with Crippen LogP contribution in [0.2, 0.25) is 0 Å². The second-order valence-corrected chi connectivity index (χ2v) is 6.72. The van der Waals surface area contributed by atoms with Crippen molar-refractivity contribution in [2.75, 3.05) is 12.4 Å². The van der Waals surface area contributed by atoms with E-state index in [1.165, 1.54) is 11.8 Å². The number of oxazole rings is 1. The Morgan fingerprint density at radius 2 is 1.90 bits per heavy atom. The first kappa shape index (κ1) is 19.4. The van der Waals surface area contributed by atoms with E-state index in [9.17, 15) is 4.79 Å². The van der Waals surface area contributed by atoms with E-state index < -0.39 is 0 Å². The molecule has 0 aliphatic heterocycles. The zero-order valence-electron chi connectivity index (χ0n) is 16.8. The van der Waals surface area contributed by atoms with E-state index >= 15 is 0 Å². The van der Waals surface area contributed by atoms with Crippen LogP contribution in [0.15, 0.2) is 71.3 Å². The van der Waals surface area contributed by atoms with Crippen molar-refractivity contribution in [3.63, 3.8) is 0 Å². The van der Waals surface area contributed by atoms with E-state index in [4.69, 9.17) is 9.15 Å². The fourth-order valence-electron chi connectivity index (χ4n) is 3.15. The van der Waals surface area contributed by atoms with E-state index in [-0.39, 0.29) is 17.6 Å². The third kappa shape index (κ3) is 4.25. The third-order valence-corrected chi connectivity index (χ3v) is 4.69. The number of carbonyl (C=O) groups excluding carboxylic acids is 1. The quantitative estimate of drug-likeness (QED) is 0.455. The number of carbonyl (C=O) groups is 1. The maximum Gasteiger partial charge on any atom is 0.296 e. The molecule has 1 atom stereocenters. The van der Waals surface area contributed by atoms with Gasteiger partial charge in [0.1, 0.15) is 22.7 Å². The molecular formula is C23H22N4O3. The topological polar surface area (TPSA) is 89.3 Å². The van der Waals surface area contributed by atoms with Gasteiger partial charge < -0.3 is 19.8 Å². The fourth-order valence-corrected chi connectivity index (χ4v) is 3.15. The first-order valence-corrected chi connectivity index (χ1v) is 9.74. The molecule has 0 aliphatic carbocycles. The summed E-state index contributed by atoms with van der Waals surface area (Å²) in [5, 5.41) is 5.90. The van der Waals surface area contributed by atoms with Crippen LogP contribution < -0.4 is 15.4 Å². The zero-order chi connectivity index (χ0) is 20.9. The van der Waals surface area contributed by atoms with Crippen molar-refractivity contribution >= 4 is 23.0 Å². The van der Waals surface area contributed by atoms with Crippen LogP contribution in [0, 0.1) is 0 Å². The van der Waals surface area contributed by atoms with Gasteiger partial charge in [-0.3, -0.25) is 9.78 Å². The number of hydrogen-bond acceptors (Lipinski definition) is 6. The maximum absolute atomic E-state index is 11.8. The molecule has 7 nitrogen and oxygen atoms in total. The average Bonchev–Trinajstić information content (AvgIpc) is 3.19. The first-order valence-electron chi connectivity index (χ1n) is 9.74. The molecule has 0 fully saturated rings. The summed E-state index contributed by atoms with van der Waals surface area (Å²) in [6, 6.07) is 19.5. The van der Waals surface area contributed by atoms with Gasteiger partial charge in [0.25, 0.3) is 11.9 Å². The fraction of sp³-hybridized carbons (Fsp3) is 0.174. The second kappa shape index (κ2) is 8.65. The van der Waals surface area contributed by atoms with Crippen molar-refractivity contribution in [2.45, 2.75) is 19.4 Å². The van der Waals surface area contributed by atoms with Crippen LogP contribution in [0.3, 0.4) is 0 Å². The summed E-state index contributed by atoms with van der Waals surface area (Å²) in [7, 11) is 1.56. The molecule has 0 spiro atoms. The molecule has 1 amide bonds. The number of nitrogens with one attached hydrogen (secondary N) is 2. The van der Waals surface area contributed by atoms with Crippen LogP contribution in [0.5, 0.6) is 11.5 Å². The van der Waals surface area contributed by atoms with Gasteiger partial charge in [0, 0.05) is 25.4 Å². The largest absolute Gasteiger partial charge is 0.457 e. The average molecular weight is 402 g/mol. The van der Waals surface area contributed by atoms with Crippen LogP contribution in [0.25, 0.3) is 11.1 Å². The van der Waals surface area contributed by atoms with E-state index in [0.717, 1.165) is 11.9 Å². The number of ether oxygens (including phenoxy) is 1. The Balaban J connectivity index is 1.53. The standard InChI is InChI=1S/C23H22N4O3/c1-3-18(15-7-5-4-6-8-15)26-23-27-19-10-9-16(14-21(19)30-23)29-17-11-12-25-20(13-17)22(28)24-2/h4-14,18H,3H2,1-2H3,(H,24,28)(H,26,27). The van der Waals surface area contributed by atoms with Crippen LogP contribution in [-0.2, 0) is 0 Å². The molecule has 0 saturated heterocycles. The van der Waals surface area contributed by atoms with Crippen LogP contribution in [0.4, 0.5) is 6.01 Å². The summed E-state index contributed by atoms with van der Waals surface area (Å²) in [6.07, 6.45) is 2.43. The smallest absolute Gasteiger partial charge is 0.296 e.